The molecule has 3 rings (SSSR count). The fraction of sp³-hybridized carbons (Fsp3) is 0.500. The first-order valence-corrected chi connectivity index (χ1v) is 7.73. The quantitative estimate of drug-likeness (QED) is 0.826. The highest BCUT2D eigenvalue weighted by Gasteiger charge is 2.22. The van der Waals surface area contributed by atoms with Gasteiger partial charge in [-0.05, 0) is 31.4 Å². The van der Waals surface area contributed by atoms with Gasteiger partial charge >= 0.3 is 0 Å². The maximum atomic E-state index is 5.94. The van der Waals surface area contributed by atoms with Crippen LogP contribution in [-0.2, 0) is 18.4 Å². The van der Waals surface area contributed by atoms with Gasteiger partial charge in [0.1, 0.15) is 5.76 Å². The highest BCUT2D eigenvalue weighted by Crippen LogP contribution is 2.30. The number of benzene rings is 1. The molecule has 0 atom stereocenters. The zero-order valence-electron chi connectivity index (χ0n) is 13.4. The summed E-state index contributed by atoms with van der Waals surface area (Å²) in [6.07, 6.45) is 4.24. The first-order chi connectivity index (χ1) is 9.93. The summed E-state index contributed by atoms with van der Waals surface area (Å²) in [7, 11) is 0. The van der Waals surface area contributed by atoms with Crippen LogP contribution in [-0.4, -0.2) is 11.5 Å². The minimum atomic E-state index is 0.0160. The molecule has 0 N–H and O–H groups in total. The minimum absolute atomic E-state index is 0.0160. The molecule has 1 aliphatic rings. The van der Waals surface area contributed by atoms with E-state index in [0.29, 0.717) is 0 Å². The van der Waals surface area contributed by atoms with Gasteiger partial charge in [-0.1, -0.05) is 38.5 Å². The van der Waals surface area contributed by atoms with E-state index in [1.54, 1.807) is 0 Å². The maximum absolute atomic E-state index is 5.94. The third kappa shape index (κ3) is 2.97. The molecule has 2 heterocycles. The smallest absolute Gasteiger partial charge is 0.213 e. The number of oxazole rings is 1. The fourth-order valence-corrected chi connectivity index (χ4v) is 2.86. The van der Waals surface area contributed by atoms with E-state index in [4.69, 9.17) is 4.42 Å². The number of fused-ring (bicyclic) bond motifs is 1. The number of nitrogens with zero attached hydrogens (tertiary/aromatic N) is 2. The fourth-order valence-electron chi connectivity index (χ4n) is 2.86. The summed E-state index contributed by atoms with van der Waals surface area (Å²) in [6.45, 7) is 10.4. The van der Waals surface area contributed by atoms with E-state index in [0.717, 1.165) is 24.7 Å². The average Bonchev–Trinajstić information content (AvgIpc) is 2.87. The van der Waals surface area contributed by atoms with E-state index in [2.05, 4.69) is 55.8 Å². The summed E-state index contributed by atoms with van der Waals surface area (Å²) in [5.74, 6) is 1.77. The van der Waals surface area contributed by atoms with Gasteiger partial charge in [0, 0.05) is 17.6 Å². The molecule has 0 aliphatic carbocycles. The lowest BCUT2D eigenvalue weighted by Crippen LogP contribution is -2.29. The molecule has 0 spiro atoms. The minimum Gasteiger partial charge on any atom is -0.443 e. The zero-order chi connectivity index (χ0) is 15.0. The van der Waals surface area contributed by atoms with Gasteiger partial charge in [-0.25, -0.2) is 4.98 Å². The van der Waals surface area contributed by atoms with Gasteiger partial charge < -0.3 is 9.32 Å². The Morgan fingerprint density at radius 2 is 2.10 bits per heavy atom. The van der Waals surface area contributed by atoms with Gasteiger partial charge in [-0.2, -0.15) is 0 Å². The Labute approximate surface area is 127 Å². The van der Waals surface area contributed by atoms with E-state index < -0.39 is 0 Å². The summed E-state index contributed by atoms with van der Waals surface area (Å²) in [5, 5.41) is 0. The Kier molecular flexibility index (Phi) is 3.52. The van der Waals surface area contributed by atoms with Gasteiger partial charge in [0.2, 0.25) is 5.89 Å². The van der Waals surface area contributed by atoms with Crippen LogP contribution in [0, 0.1) is 6.92 Å². The maximum Gasteiger partial charge on any atom is 0.213 e. The molecule has 0 bridgehead atoms. The Morgan fingerprint density at radius 1 is 1.29 bits per heavy atom. The highest BCUT2D eigenvalue weighted by atomic mass is 16.4. The van der Waals surface area contributed by atoms with E-state index in [-0.39, 0.29) is 5.41 Å². The summed E-state index contributed by atoms with van der Waals surface area (Å²) in [6, 6.07) is 6.72. The van der Waals surface area contributed by atoms with Crippen LogP contribution in [0.25, 0.3) is 0 Å². The predicted octanol–water partition coefficient (Wildman–Crippen LogP) is 4.23. The van der Waals surface area contributed by atoms with Crippen LogP contribution in [0.4, 0.5) is 5.69 Å². The Bertz CT molecular complexity index is 637. The van der Waals surface area contributed by atoms with Crippen molar-refractivity contribution in [1.29, 1.82) is 0 Å². The molecule has 0 fully saturated rings. The summed E-state index contributed by atoms with van der Waals surface area (Å²) < 4.78 is 5.94. The lowest BCUT2D eigenvalue weighted by atomic mass is 9.94. The van der Waals surface area contributed by atoms with Crippen molar-refractivity contribution in [2.24, 2.45) is 0 Å². The number of rotatable bonds is 2. The van der Waals surface area contributed by atoms with Gasteiger partial charge in [-0.15, -0.1) is 0 Å². The molecule has 0 saturated carbocycles. The second-order valence-electron chi connectivity index (χ2n) is 7.03. The summed E-state index contributed by atoms with van der Waals surface area (Å²) >= 11 is 0. The lowest BCUT2D eigenvalue weighted by molar-refractivity contribution is 0.379. The predicted molar refractivity (Wildman–Crippen MR) is 85.8 cm³/mol. The van der Waals surface area contributed by atoms with E-state index in [1.807, 2.05) is 6.20 Å². The number of hydrogen-bond acceptors (Lipinski definition) is 3. The Morgan fingerprint density at radius 3 is 2.81 bits per heavy atom. The van der Waals surface area contributed by atoms with Crippen LogP contribution in [0.15, 0.2) is 28.8 Å². The topological polar surface area (TPSA) is 29.3 Å². The first kappa shape index (κ1) is 14.2. The monoisotopic (exact) mass is 284 g/mol. The van der Waals surface area contributed by atoms with Crippen molar-refractivity contribution in [2.75, 3.05) is 11.4 Å². The van der Waals surface area contributed by atoms with Crippen LogP contribution in [0.2, 0.25) is 0 Å². The number of aromatic nitrogens is 1. The Hall–Kier alpha value is -1.77. The van der Waals surface area contributed by atoms with E-state index in [1.165, 1.54) is 29.7 Å². The van der Waals surface area contributed by atoms with Crippen LogP contribution in [0.5, 0.6) is 0 Å². The second kappa shape index (κ2) is 5.21. The van der Waals surface area contributed by atoms with Crippen molar-refractivity contribution in [3.8, 4) is 0 Å². The number of hydrogen-bond donors (Lipinski definition) is 0. The van der Waals surface area contributed by atoms with Gasteiger partial charge in [0.25, 0.3) is 0 Å². The van der Waals surface area contributed by atoms with Crippen molar-refractivity contribution in [1.82, 2.24) is 4.98 Å². The van der Waals surface area contributed by atoms with Crippen molar-refractivity contribution < 1.29 is 4.42 Å². The molecule has 2 aromatic rings. The highest BCUT2D eigenvalue weighted by molar-refractivity contribution is 5.56. The van der Waals surface area contributed by atoms with E-state index >= 15 is 0 Å². The second-order valence-corrected chi connectivity index (χ2v) is 7.03. The largest absolute Gasteiger partial charge is 0.443 e. The molecular weight excluding hydrogens is 260 g/mol. The SMILES string of the molecule is Cc1ccc2c(c1)CCCN2Cc1ncc(C(C)(C)C)o1. The van der Waals surface area contributed by atoms with Crippen LogP contribution in [0.3, 0.4) is 0 Å². The molecule has 0 saturated heterocycles. The van der Waals surface area contributed by atoms with Crippen molar-refractivity contribution in [3.63, 3.8) is 0 Å². The molecule has 21 heavy (non-hydrogen) atoms. The molecule has 3 heteroatoms. The van der Waals surface area contributed by atoms with Crippen LogP contribution in [0.1, 0.15) is 50.0 Å². The molecule has 3 nitrogen and oxygen atoms in total. The summed E-state index contributed by atoms with van der Waals surface area (Å²) in [4.78, 5) is 6.84. The zero-order valence-corrected chi connectivity index (χ0v) is 13.4. The molecule has 0 radical (unpaired) electrons. The first-order valence-electron chi connectivity index (χ1n) is 7.73. The van der Waals surface area contributed by atoms with Gasteiger partial charge in [-0.3, -0.25) is 0 Å². The molecular formula is C18H24N2O. The van der Waals surface area contributed by atoms with E-state index in [9.17, 15) is 0 Å². The van der Waals surface area contributed by atoms with Gasteiger partial charge in [0.15, 0.2) is 0 Å². The molecule has 112 valence electrons. The number of aryl methyl sites for hydroxylation is 2. The third-order valence-corrected chi connectivity index (χ3v) is 4.07. The lowest BCUT2D eigenvalue weighted by Gasteiger charge is -2.30. The standard InChI is InChI=1S/C18H24N2O/c1-13-7-8-15-14(10-13)6-5-9-20(15)12-17-19-11-16(21-17)18(2,3)4/h7-8,10-11H,5-6,9,12H2,1-4H3. The van der Waals surface area contributed by atoms with Crippen LogP contribution >= 0.6 is 0 Å². The van der Waals surface area contributed by atoms with Gasteiger partial charge in [0.05, 0.1) is 12.7 Å². The third-order valence-electron chi connectivity index (χ3n) is 4.07. The Balaban J connectivity index is 1.82. The number of anilines is 1. The van der Waals surface area contributed by atoms with Crippen molar-refractivity contribution >= 4 is 5.69 Å². The van der Waals surface area contributed by atoms with Crippen LogP contribution < -0.4 is 4.90 Å². The molecule has 1 aromatic heterocycles. The van der Waals surface area contributed by atoms with Crippen molar-refractivity contribution in [3.05, 3.63) is 47.2 Å². The normalized spacial score (nSPS) is 15.1. The van der Waals surface area contributed by atoms with Crippen molar-refractivity contribution in [2.45, 2.75) is 52.5 Å². The molecule has 1 aromatic carbocycles. The molecule has 0 unspecified atom stereocenters. The molecule has 0 amide bonds. The summed E-state index contributed by atoms with van der Waals surface area (Å²) in [5.41, 5.74) is 4.13. The molecule has 1 aliphatic heterocycles. The average molecular weight is 284 g/mol.